The van der Waals surface area contributed by atoms with Crippen molar-refractivity contribution >= 4 is 11.9 Å². The SMILES string of the molecule is CCOCC(=O)N1CC[C@H]2CO[C@H](CNc3ncccn3)[C@H]2C1. The predicted octanol–water partition coefficient (Wildman–Crippen LogP) is 0.788. The summed E-state index contributed by atoms with van der Waals surface area (Å²) in [5, 5.41) is 3.22. The van der Waals surface area contributed by atoms with Gasteiger partial charge in [0.15, 0.2) is 0 Å². The van der Waals surface area contributed by atoms with E-state index in [1.54, 1.807) is 18.5 Å². The van der Waals surface area contributed by atoms with Crippen LogP contribution in [0, 0.1) is 11.8 Å². The van der Waals surface area contributed by atoms with Gasteiger partial charge in [0, 0.05) is 44.6 Å². The summed E-state index contributed by atoms with van der Waals surface area (Å²) in [5.74, 6) is 1.59. The van der Waals surface area contributed by atoms with Gasteiger partial charge in [-0.05, 0) is 25.3 Å². The molecule has 0 radical (unpaired) electrons. The van der Waals surface area contributed by atoms with E-state index < -0.39 is 0 Å². The van der Waals surface area contributed by atoms with E-state index in [4.69, 9.17) is 9.47 Å². The fraction of sp³-hybridized carbons (Fsp3) is 0.688. The highest BCUT2D eigenvalue weighted by atomic mass is 16.5. The van der Waals surface area contributed by atoms with Crippen molar-refractivity contribution in [1.29, 1.82) is 0 Å². The Bertz CT molecular complexity index is 513. The van der Waals surface area contributed by atoms with E-state index in [-0.39, 0.29) is 18.6 Å². The molecule has 1 aromatic rings. The molecule has 2 saturated heterocycles. The van der Waals surface area contributed by atoms with Gasteiger partial charge in [-0.1, -0.05) is 0 Å². The van der Waals surface area contributed by atoms with Crippen LogP contribution >= 0.6 is 0 Å². The molecular weight excluding hydrogens is 296 g/mol. The number of amides is 1. The lowest BCUT2D eigenvalue weighted by atomic mass is 9.84. The number of nitrogens with zero attached hydrogens (tertiary/aromatic N) is 3. The van der Waals surface area contributed by atoms with Gasteiger partial charge in [0.25, 0.3) is 0 Å². The van der Waals surface area contributed by atoms with Gasteiger partial charge in [-0.2, -0.15) is 0 Å². The van der Waals surface area contributed by atoms with E-state index in [1.165, 1.54) is 0 Å². The van der Waals surface area contributed by atoms with E-state index in [0.29, 0.717) is 30.9 Å². The number of nitrogens with one attached hydrogen (secondary N) is 1. The zero-order valence-corrected chi connectivity index (χ0v) is 13.5. The first kappa shape index (κ1) is 16.1. The Morgan fingerprint density at radius 3 is 3.09 bits per heavy atom. The normalized spacial score (nSPS) is 26.8. The van der Waals surface area contributed by atoms with Gasteiger partial charge in [-0.25, -0.2) is 9.97 Å². The smallest absolute Gasteiger partial charge is 0.248 e. The molecule has 2 fully saturated rings. The Balaban J connectivity index is 1.54. The first-order chi connectivity index (χ1) is 11.3. The number of ether oxygens (including phenoxy) is 2. The van der Waals surface area contributed by atoms with Crippen LogP contribution in [0.3, 0.4) is 0 Å². The molecule has 1 amide bonds. The number of hydrogen-bond donors (Lipinski definition) is 1. The van der Waals surface area contributed by atoms with Gasteiger partial charge >= 0.3 is 0 Å². The fourth-order valence-electron chi connectivity index (χ4n) is 3.33. The van der Waals surface area contributed by atoms with Gasteiger partial charge in [0.1, 0.15) is 6.61 Å². The largest absolute Gasteiger partial charge is 0.376 e. The van der Waals surface area contributed by atoms with Crippen LogP contribution < -0.4 is 5.32 Å². The molecule has 3 heterocycles. The molecule has 2 aliphatic rings. The Labute approximate surface area is 136 Å². The summed E-state index contributed by atoms with van der Waals surface area (Å²) in [6.07, 6.45) is 4.51. The van der Waals surface area contributed by atoms with Crippen LogP contribution in [0.2, 0.25) is 0 Å². The molecule has 3 atom stereocenters. The van der Waals surface area contributed by atoms with Gasteiger partial charge in [-0.15, -0.1) is 0 Å². The van der Waals surface area contributed by atoms with Gasteiger partial charge in [0.2, 0.25) is 11.9 Å². The average Bonchev–Trinajstić information content (AvgIpc) is 3.01. The van der Waals surface area contributed by atoms with Crippen molar-refractivity contribution < 1.29 is 14.3 Å². The van der Waals surface area contributed by atoms with Crippen LogP contribution in [-0.4, -0.2) is 66.3 Å². The minimum absolute atomic E-state index is 0.0790. The number of carbonyl (C=O) groups is 1. The van der Waals surface area contributed by atoms with Crippen molar-refractivity contribution in [3.05, 3.63) is 18.5 Å². The standard InChI is InChI=1S/C16H24N4O3/c1-2-22-11-15(21)20-7-4-12-10-23-14(13(12)9-20)8-19-16-17-5-3-6-18-16/h3,5-6,12-14H,2,4,7-11H2,1H3,(H,17,18,19)/t12-,13-,14+/m0/s1. The third kappa shape index (κ3) is 3.97. The number of aromatic nitrogens is 2. The first-order valence-corrected chi connectivity index (χ1v) is 8.26. The number of likely N-dealkylation sites (tertiary alicyclic amines) is 1. The highest BCUT2D eigenvalue weighted by Crippen LogP contribution is 2.34. The Hall–Kier alpha value is -1.73. The van der Waals surface area contributed by atoms with Crippen molar-refractivity contribution in [3.8, 4) is 0 Å². The Morgan fingerprint density at radius 1 is 1.48 bits per heavy atom. The molecule has 3 rings (SSSR count). The maximum Gasteiger partial charge on any atom is 0.248 e. The fourth-order valence-corrected chi connectivity index (χ4v) is 3.33. The molecule has 0 aromatic carbocycles. The summed E-state index contributed by atoms with van der Waals surface area (Å²) >= 11 is 0. The van der Waals surface area contributed by atoms with E-state index in [2.05, 4.69) is 15.3 Å². The van der Waals surface area contributed by atoms with Crippen molar-refractivity contribution in [3.63, 3.8) is 0 Å². The third-order valence-corrected chi connectivity index (χ3v) is 4.62. The zero-order valence-electron chi connectivity index (χ0n) is 13.5. The molecule has 126 valence electrons. The molecule has 2 aliphatic heterocycles. The lowest BCUT2D eigenvalue weighted by molar-refractivity contribution is -0.138. The molecule has 0 aliphatic carbocycles. The molecule has 1 N–H and O–H groups in total. The maximum absolute atomic E-state index is 12.2. The molecule has 1 aromatic heterocycles. The van der Waals surface area contributed by atoms with Crippen molar-refractivity contribution in [2.24, 2.45) is 11.8 Å². The van der Waals surface area contributed by atoms with Gasteiger partial charge in [-0.3, -0.25) is 4.79 Å². The predicted molar refractivity (Wildman–Crippen MR) is 84.9 cm³/mol. The van der Waals surface area contributed by atoms with Crippen LogP contribution in [0.5, 0.6) is 0 Å². The van der Waals surface area contributed by atoms with Crippen molar-refractivity contribution in [2.45, 2.75) is 19.4 Å². The molecule has 0 saturated carbocycles. The zero-order chi connectivity index (χ0) is 16.1. The van der Waals surface area contributed by atoms with Gasteiger partial charge in [0.05, 0.1) is 12.7 Å². The van der Waals surface area contributed by atoms with E-state index in [9.17, 15) is 4.79 Å². The summed E-state index contributed by atoms with van der Waals surface area (Å²) in [7, 11) is 0. The molecule has 7 heteroatoms. The Kier molecular flexibility index (Phi) is 5.40. The van der Waals surface area contributed by atoms with Crippen LogP contribution in [0.4, 0.5) is 5.95 Å². The molecule has 23 heavy (non-hydrogen) atoms. The first-order valence-electron chi connectivity index (χ1n) is 8.26. The molecule has 0 spiro atoms. The monoisotopic (exact) mass is 320 g/mol. The van der Waals surface area contributed by atoms with Crippen molar-refractivity contribution in [1.82, 2.24) is 14.9 Å². The second-order valence-corrected chi connectivity index (χ2v) is 6.01. The highest BCUT2D eigenvalue weighted by molar-refractivity contribution is 5.77. The summed E-state index contributed by atoms with van der Waals surface area (Å²) in [6.45, 7) is 5.64. The molecule has 7 nitrogen and oxygen atoms in total. The topological polar surface area (TPSA) is 76.6 Å². The van der Waals surface area contributed by atoms with Crippen LogP contribution in [-0.2, 0) is 14.3 Å². The number of anilines is 1. The van der Waals surface area contributed by atoms with E-state index >= 15 is 0 Å². The Morgan fingerprint density at radius 2 is 2.30 bits per heavy atom. The number of carbonyl (C=O) groups excluding carboxylic acids is 1. The van der Waals surface area contributed by atoms with Crippen LogP contribution in [0.25, 0.3) is 0 Å². The number of hydrogen-bond acceptors (Lipinski definition) is 6. The number of piperidine rings is 1. The summed E-state index contributed by atoms with van der Waals surface area (Å²) in [5.41, 5.74) is 0. The quantitative estimate of drug-likeness (QED) is 0.835. The number of fused-ring (bicyclic) bond motifs is 1. The number of rotatable bonds is 6. The van der Waals surface area contributed by atoms with Crippen molar-refractivity contribution in [2.75, 3.05) is 44.8 Å². The van der Waals surface area contributed by atoms with Gasteiger partial charge < -0.3 is 19.7 Å². The maximum atomic E-state index is 12.2. The molecular formula is C16H24N4O3. The minimum atomic E-state index is 0.0790. The summed E-state index contributed by atoms with van der Waals surface area (Å²) in [6, 6.07) is 1.79. The lowest BCUT2D eigenvalue weighted by Crippen LogP contribution is -2.47. The lowest BCUT2D eigenvalue weighted by Gasteiger charge is -2.36. The average molecular weight is 320 g/mol. The summed E-state index contributed by atoms with van der Waals surface area (Å²) in [4.78, 5) is 22.4. The van der Waals surface area contributed by atoms with Crippen LogP contribution in [0.15, 0.2) is 18.5 Å². The molecule has 0 bridgehead atoms. The minimum Gasteiger partial charge on any atom is -0.376 e. The van der Waals surface area contributed by atoms with E-state index in [0.717, 1.165) is 26.1 Å². The summed E-state index contributed by atoms with van der Waals surface area (Å²) < 4.78 is 11.2. The van der Waals surface area contributed by atoms with E-state index in [1.807, 2.05) is 11.8 Å². The third-order valence-electron chi connectivity index (χ3n) is 4.62. The second-order valence-electron chi connectivity index (χ2n) is 6.01. The van der Waals surface area contributed by atoms with Crippen LogP contribution in [0.1, 0.15) is 13.3 Å². The highest BCUT2D eigenvalue weighted by Gasteiger charge is 2.41. The second kappa shape index (κ2) is 7.70. The molecule has 0 unspecified atom stereocenters.